The molecule has 0 aromatic heterocycles. The SMILES string of the molecule is CC(=O)CCN(C)CCc1cccc(C)c1. The van der Waals surface area contributed by atoms with Crippen LogP contribution in [0.1, 0.15) is 24.5 Å². The summed E-state index contributed by atoms with van der Waals surface area (Å²) in [4.78, 5) is 13.1. The predicted molar refractivity (Wildman–Crippen MR) is 67.7 cm³/mol. The molecular weight excluding hydrogens is 198 g/mol. The lowest BCUT2D eigenvalue weighted by molar-refractivity contribution is -0.117. The zero-order chi connectivity index (χ0) is 12.0. The molecule has 0 aliphatic carbocycles. The van der Waals surface area contributed by atoms with Crippen molar-refractivity contribution in [3.63, 3.8) is 0 Å². The number of carbonyl (C=O) groups excluding carboxylic acids is 1. The van der Waals surface area contributed by atoms with Crippen molar-refractivity contribution in [3.8, 4) is 0 Å². The summed E-state index contributed by atoms with van der Waals surface area (Å²) in [5.41, 5.74) is 2.68. The lowest BCUT2D eigenvalue weighted by Crippen LogP contribution is -2.23. The van der Waals surface area contributed by atoms with Crippen molar-refractivity contribution < 1.29 is 4.79 Å². The molecule has 0 atom stereocenters. The van der Waals surface area contributed by atoms with Crippen LogP contribution in [0.3, 0.4) is 0 Å². The molecule has 0 saturated carbocycles. The Bertz CT molecular complexity index is 346. The monoisotopic (exact) mass is 219 g/mol. The number of benzene rings is 1. The van der Waals surface area contributed by atoms with Crippen molar-refractivity contribution in [1.29, 1.82) is 0 Å². The Morgan fingerprint density at radius 3 is 2.69 bits per heavy atom. The Morgan fingerprint density at radius 1 is 1.31 bits per heavy atom. The van der Waals surface area contributed by atoms with E-state index in [9.17, 15) is 4.79 Å². The molecule has 88 valence electrons. The minimum Gasteiger partial charge on any atom is -0.306 e. The number of hydrogen-bond donors (Lipinski definition) is 0. The van der Waals surface area contributed by atoms with E-state index in [4.69, 9.17) is 0 Å². The fraction of sp³-hybridized carbons (Fsp3) is 0.500. The van der Waals surface area contributed by atoms with Crippen LogP contribution in [0.15, 0.2) is 24.3 Å². The van der Waals surface area contributed by atoms with Gasteiger partial charge in [-0.1, -0.05) is 29.8 Å². The highest BCUT2D eigenvalue weighted by Crippen LogP contribution is 2.05. The predicted octanol–water partition coefficient (Wildman–Crippen LogP) is 2.45. The average molecular weight is 219 g/mol. The lowest BCUT2D eigenvalue weighted by Gasteiger charge is -2.15. The topological polar surface area (TPSA) is 20.3 Å². The van der Waals surface area contributed by atoms with Gasteiger partial charge >= 0.3 is 0 Å². The van der Waals surface area contributed by atoms with Crippen molar-refractivity contribution in [2.45, 2.75) is 26.7 Å². The van der Waals surface area contributed by atoms with Gasteiger partial charge in [-0.2, -0.15) is 0 Å². The standard InChI is InChI=1S/C14H21NO/c1-12-5-4-6-14(11-12)8-10-15(3)9-7-13(2)16/h4-6,11H,7-10H2,1-3H3. The molecule has 2 nitrogen and oxygen atoms in total. The number of aryl methyl sites for hydroxylation is 1. The fourth-order valence-corrected chi connectivity index (χ4v) is 1.65. The molecule has 0 amide bonds. The first-order valence-corrected chi connectivity index (χ1v) is 5.81. The minimum atomic E-state index is 0.266. The maximum atomic E-state index is 10.8. The van der Waals surface area contributed by atoms with Gasteiger partial charge in [0.15, 0.2) is 0 Å². The maximum absolute atomic E-state index is 10.8. The highest BCUT2D eigenvalue weighted by atomic mass is 16.1. The number of ketones is 1. The van der Waals surface area contributed by atoms with Crippen LogP contribution >= 0.6 is 0 Å². The molecule has 0 aliphatic rings. The summed E-state index contributed by atoms with van der Waals surface area (Å²) in [5, 5.41) is 0. The van der Waals surface area contributed by atoms with Gasteiger partial charge in [0, 0.05) is 19.5 Å². The van der Waals surface area contributed by atoms with E-state index in [2.05, 4.69) is 43.1 Å². The molecular formula is C14H21NO. The first-order chi connectivity index (χ1) is 7.58. The lowest BCUT2D eigenvalue weighted by atomic mass is 10.1. The molecule has 1 rings (SSSR count). The van der Waals surface area contributed by atoms with Gasteiger partial charge in [-0.05, 0) is 32.9 Å². The number of rotatable bonds is 6. The van der Waals surface area contributed by atoms with Gasteiger partial charge in [0.1, 0.15) is 5.78 Å². The van der Waals surface area contributed by atoms with E-state index in [1.807, 2.05) is 0 Å². The van der Waals surface area contributed by atoms with E-state index in [0.717, 1.165) is 19.5 Å². The molecule has 1 aromatic carbocycles. The third-order valence-corrected chi connectivity index (χ3v) is 2.71. The van der Waals surface area contributed by atoms with Crippen LogP contribution in [0.25, 0.3) is 0 Å². The molecule has 0 unspecified atom stereocenters. The minimum absolute atomic E-state index is 0.266. The van der Waals surface area contributed by atoms with Crippen LogP contribution in [-0.4, -0.2) is 30.8 Å². The molecule has 0 heterocycles. The number of hydrogen-bond acceptors (Lipinski definition) is 2. The first kappa shape index (κ1) is 12.9. The molecule has 0 saturated heterocycles. The van der Waals surface area contributed by atoms with Crippen molar-refractivity contribution in [2.75, 3.05) is 20.1 Å². The van der Waals surface area contributed by atoms with Gasteiger partial charge in [-0.25, -0.2) is 0 Å². The van der Waals surface area contributed by atoms with Crippen LogP contribution in [0.4, 0.5) is 0 Å². The molecule has 16 heavy (non-hydrogen) atoms. The van der Waals surface area contributed by atoms with Crippen molar-refractivity contribution in [2.24, 2.45) is 0 Å². The molecule has 0 N–H and O–H groups in total. The summed E-state index contributed by atoms with van der Waals surface area (Å²) in [6.07, 6.45) is 1.71. The summed E-state index contributed by atoms with van der Waals surface area (Å²) in [6, 6.07) is 8.59. The van der Waals surface area contributed by atoms with Crippen LogP contribution in [-0.2, 0) is 11.2 Å². The highest BCUT2D eigenvalue weighted by molar-refractivity contribution is 5.75. The fourth-order valence-electron chi connectivity index (χ4n) is 1.65. The van der Waals surface area contributed by atoms with Gasteiger partial charge in [-0.15, -0.1) is 0 Å². The van der Waals surface area contributed by atoms with Crippen LogP contribution in [0, 0.1) is 6.92 Å². The zero-order valence-corrected chi connectivity index (χ0v) is 10.5. The maximum Gasteiger partial charge on any atom is 0.131 e. The van der Waals surface area contributed by atoms with Crippen molar-refractivity contribution in [1.82, 2.24) is 4.90 Å². The molecule has 0 bridgehead atoms. The van der Waals surface area contributed by atoms with E-state index in [1.165, 1.54) is 11.1 Å². The van der Waals surface area contributed by atoms with Gasteiger partial charge in [0.05, 0.1) is 0 Å². The largest absolute Gasteiger partial charge is 0.306 e. The highest BCUT2D eigenvalue weighted by Gasteiger charge is 2.01. The van der Waals surface area contributed by atoms with Gasteiger partial charge < -0.3 is 4.90 Å². The summed E-state index contributed by atoms with van der Waals surface area (Å²) >= 11 is 0. The molecule has 0 spiro atoms. The first-order valence-electron chi connectivity index (χ1n) is 5.81. The number of carbonyl (C=O) groups is 1. The summed E-state index contributed by atoms with van der Waals surface area (Å²) < 4.78 is 0. The van der Waals surface area contributed by atoms with E-state index in [-0.39, 0.29) is 5.78 Å². The summed E-state index contributed by atoms with van der Waals surface area (Å²) in [5.74, 6) is 0.266. The van der Waals surface area contributed by atoms with Gasteiger partial charge in [0.25, 0.3) is 0 Å². The second-order valence-corrected chi connectivity index (χ2v) is 4.49. The molecule has 0 aliphatic heterocycles. The normalized spacial score (nSPS) is 10.8. The molecule has 0 fully saturated rings. The Balaban J connectivity index is 2.31. The third-order valence-electron chi connectivity index (χ3n) is 2.71. The van der Waals surface area contributed by atoms with Crippen molar-refractivity contribution >= 4 is 5.78 Å². The van der Waals surface area contributed by atoms with Crippen LogP contribution in [0.2, 0.25) is 0 Å². The zero-order valence-electron chi connectivity index (χ0n) is 10.5. The smallest absolute Gasteiger partial charge is 0.131 e. The second kappa shape index (κ2) is 6.44. The molecule has 0 radical (unpaired) electrons. The van der Waals surface area contributed by atoms with E-state index >= 15 is 0 Å². The summed E-state index contributed by atoms with van der Waals surface area (Å²) in [7, 11) is 2.07. The van der Waals surface area contributed by atoms with E-state index < -0.39 is 0 Å². The molecule has 1 aromatic rings. The second-order valence-electron chi connectivity index (χ2n) is 4.49. The average Bonchev–Trinajstić information content (AvgIpc) is 2.23. The quantitative estimate of drug-likeness (QED) is 0.732. The van der Waals surface area contributed by atoms with Crippen LogP contribution < -0.4 is 0 Å². The Morgan fingerprint density at radius 2 is 2.06 bits per heavy atom. The molecule has 2 heteroatoms. The van der Waals surface area contributed by atoms with Crippen molar-refractivity contribution in [3.05, 3.63) is 35.4 Å². The van der Waals surface area contributed by atoms with Gasteiger partial charge in [-0.3, -0.25) is 4.79 Å². The number of Topliss-reactive ketones (excluding diaryl/α,β-unsaturated/α-hetero) is 1. The van der Waals surface area contributed by atoms with Gasteiger partial charge in [0.2, 0.25) is 0 Å². The number of likely N-dealkylation sites (N-methyl/N-ethyl adjacent to an activating group) is 1. The van der Waals surface area contributed by atoms with E-state index in [1.54, 1.807) is 6.92 Å². The van der Waals surface area contributed by atoms with Crippen LogP contribution in [0.5, 0.6) is 0 Å². The Hall–Kier alpha value is -1.15. The Kier molecular flexibility index (Phi) is 5.20. The summed E-state index contributed by atoms with van der Waals surface area (Å²) in [6.45, 7) is 5.63. The third kappa shape index (κ3) is 5.08. The number of nitrogens with zero attached hydrogens (tertiary/aromatic N) is 1. The Labute approximate surface area is 98.3 Å². The van der Waals surface area contributed by atoms with E-state index in [0.29, 0.717) is 6.42 Å².